The molecule has 1 heterocycles. The molecule has 106 valence electrons. The second-order valence-corrected chi connectivity index (χ2v) is 4.97. The molecule has 2 fully saturated rings. The summed E-state index contributed by atoms with van der Waals surface area (Å²) in [6, 6.07) is 0.146. The topological polar surface area (TPSA) is 73.6 Å². The maximum atomic E-state index is 12.0. The molecule has 1 unspecified atom stereocenters. The van der Waals surface area contributed by atoms with Gasteiger partial charge in [-0.25, -0.2) is 0 Å². The second kappa shape index (κ2) is 7.28. The molecule has 3 N–H and O–H groups in total. The van der Waals surface area contributed by atoms with Gasteiger partial charge in [0.2, 0.25) is 5.91 Å². The maximum absolute atomic E-state index is 12.0. The van der Waals surface area contributed by atoms with Gasteiger partial charge in [0.15, 0.2) is 0 Å². The zero-order chi connectivity index (χ0) is 12.3. The molecule has 0 radical (unpaired) electrons. The molecule has 2 aliphatic rings. The van der Waals surface area contributed by atoms with Crippen LogP contribution in [0.25, 0.3) is 0 Å². The zero-order valence-corrected chi connectivity index (χ0v) is 11.6. The number of rotatable bonds is 6. The van der Waals surface area contributed by atoms with E-state index in [0.717, 1.165) is 12.8 Å². The Morgan fingerprint density at radius 3 is 2.67 bits per heavy atom. The Balaban J connectivity index is 0.00000162. The Morgan fingerprint density at radius 1 is 1.44 bits per heavy atom. The molecule has 1 saturated carbocycles. The van der Waals surface area contributed by atoms with E-state index >= 15 is 0 Å². The average Bonchev–Trinajstić information content (AvgIpc) is 3.06. The van der Waals surface area contributed by atoms with Crippen LogP contribution >= 0.6 is 12.4 Å². The van der Waals surface area contributed by atoms with Crippen molar-refractivity contribution in [1.82, 2.24) is 5.32 Å². The van der Waals surface area contributed by atoms with Crippen LogP contribution in [0, 0.1) is 5.92 Å². The number of nitrogens with two attached hydrogens (primary N) is 1. The molecule has 0 aromatic carbocycles. The van der Waals surface area contributed by atoms with Crippen molar-refractivity contribution in [3.05, 3.63) is 0 Å². The van der Waals surface area contributed by atoms with Gasteiger partial charge in [0.05, 0.1) is 18.8 Å². The summed E-state index contributed by atoms with van der Waals surface area (Å²) in [5, 5.41) is 3.04. The molecule has 18 heavy (non-hydrogen) atoms. The summed E-state index contributed by atoms with van der Waals surface area (Å²) in [4.78, 5) is 12.0. The molecule has 0 aromatic heterocycles. The maximum Gasteiger partial charge on any atom is 0.249 e. The first kappa shape index (κ1) is 15.7. The predicted octanol–water partition coefficient (Wildman–Crippen LogP) is 0.456. The Kier molecular flexibility index (Phi) is 6.35. The SMILES string of the molecule is COCC(NC(=O)[C@@H]1CC[C@H](CN)O1)C1CC1.Cl. The van der Waals surface area contributed by atoms with Crippen LogP contribution in [0.3, 0.4) is 0 Å². The van der Waals surface area contributed by atoms with E-state index < -0.39 is 0 Å². The van der Waals surface area contributed by atoms with Gasteiger partial charge in [-0.1, -0.05) is 0 Å². The Labute approximate surface area is 114 Å². The fourth-order valence-electron chi connectivity index (χ4n) is 2.32. The van der Waals surface area contributed by atoms with Crippen molar-refractivity contribution < 1.29 is 14.3 Å². The van der Waals surface area contributed by atoms with Crippen LogP contribution in [0.2, 0.25) is 0 Å². The van der Waals surface area contributed by atoms with E-state index in [2.05, 4.69) is 5.32 Å². The molecule has 0 bridgehead atoms. The van der Waals surface area contributed by atoms with Gasteiger partial charge in [-0.15, -0.1) is 12.4 Å². The van der Waals surface area contributed by atoms with Crippen molar-refractivity contribution >= 4 is 18.3 Å². The first-order chi connectivity index (χ1) is 8.24. The predicted molar refractivity (Wildman–Crippen MR) is 70.7 cm³/mol. The average molecular weight is 279 g/mol. The summed E-state index contributed by atoms with van der Waals surface area (Å²) in [7, 11) is 1.66. The van der Waals surface area contributed by atoms with Crippen molar-refractivity contribution in [1.29, 1.82) is 0 Å². The molecule has 2 rings (SSSR count). The molecule has 1 saturated heterocycles. The number of hydrogen-bond donors (Lipinski definition) is 2. The van der Waals surface area contributed by atoms with Gasteiger partial charge >= 0.3 is 0 Å². The minimum Gasteiger partial charge on any atom is -0.383 e. The molecule has 0 aromatic rings. The standard InChI is InChI=1S/C12H22N2O3.ClH/c1-16-7-10(8-2-3-8)14-12(15)11-5-4-9(6-13)17-11;/h8-11H,2-7,13H2,1H3,(H,14,15);1H/t9-,10?,11+;/m1./s1. The number of carbonyl (C=O) groups is 1. The van der Waals surface area contributed by atoms with Crippen LogP contribution in [0.5, 0.6) is 0 Å². The van der Waals surface area contributed by atoms with E-state index in [1.807, 2.05) is 0 Å². The fraction of sp³-hybridized carbons (Fsp3) is 0.917. The molecular weight excluding hydrogens is 256 g/mol. The smallest absolute Gasteiger partial charge is 0.249 e. The summed E-state index contributed by atoms with van der Waals surface area (Å²) in [6.45, 7) is 1.08. The third kappa shape index (κ3) is 4.09. The lowest BCUT2D eigenvalue weighted by atomic mass is 10.1. The van der Waals surface area contributed by atoms with Crippen molar-refractivity contribution in [3.63, 3.8) is 0 Å². The summed E-state index contributed by atoms with van der Waals surface area (Å²) in [6.07, 6.45) is 3.76. The van der Waals surface area contributed by atoms with Crippen molar-refractivity contribution in [2.45, 2.75) is 43.9 Å². The zero-order valence-electron chi connectivity index (χ0n) is 10.8. The summed E-state index contributed by atoms with van der Waals surface area (Å²) >= 11 is 0. The highest BCUT2D eigenvalue weighted by molar-refractivity contribution is 5.85. The highest BCUT2D eigenvalue weighted by atomic mass is 35.5. The first-order valence-corrected chi connectivity index (χ1v) is 6.39. The lowest BCUT2D eigenvalue weighted by molar-refractivity contribution is -0.133. The lowest BCUT2D eigenvalue weighted by Gasteiger charge is -2.20. The molecular formula is C12H23ClN2O3. The lowest BCUT2D eigenvalue weighted by Crippen LogP contribution is -2.45. The third-order valence-corrected chi connectivity index (χ3v) is 3.53. The summed E-state index contributed by atoms with van der Waals surface area (Å²) in [5.74, 6) is 0.584. The van der Waals surface area contributed by atoms with Crippen LogP contribution in [0.1, 0.15) is 25.7 Å². The van der Waals surface area contributed by atoms with E-state index in [0.29, 0.717) is 19.1 Å². The van der Waals surface area contributed by atoms with E-state index in [4.69, 9.17) is 15.2 Å². The van der Waals surface area contributed by atoms with E-state index in [1.54, 1.807) is 7.11 Å². The largest absolute Gasteiger partial charge is 0.383 e. The molecule has 0 spiro atoms. The van der Waals surface area contributed by atoms with E-state index in [1.165, 1.54) is 12.8 Å². The normalized spacial score (nSPS) is 28.6. The Hall–Kier alpha value is -0.360. The van der Waals surface area contributed by atoms with Gasteiger partial charge in [0.25, 0.3) is 0 Å². The number of halogens is 1. The summed E-state index contributed by atoms with van der Waals surface area (Å²) in [5.41, 5.74) is 5.53. The molecule has 1 aliphatic carbocycles. The number of ether oxygens (including phenoxy) is 2. The monoisotopic (exact) mass is 278 g/mol. The van der Waals surface area contributed by atoms with Gasteiger partial charge < -0.3 is 20.5 Å². The van der Waals surface area contributed by atoms with Crippen LogP contribution in [-0.4, -0.2) is 44.4 Å². The van der Waals surface area contributed by atoms with Crippen molar-refractivity contribution in [2.75, 3.05) is 20.3 Å². The van der Waals surface area contributed by atoms with Crippen LogP contribution in [0.4, 0.5) is 0 Å². The van der Waals surface area contributed by atoms with Crippen LogP contribution in [0.15, 0.2) is 0 Å². The number of amides is 1. The van der Waals surface area contributed by atoms with Gasteiger partial charge in [-0.05, 0) is 31.6 Å². The number of hydrogen-bond acceptors (Lipinski definition) is 4. The highest BCUT2D eigenvalue weighted by Gasteiger charge is 2.36. The van der Waals surface area contributed by atoms with Gasteiger partial charge in [0.1, 0.15) is 6.10 Å². The Bertz CT molecular complexity index is 274. The quantitative estimate of drug-likeness (QED) is 0.740. The summed E-state index contributed by atoms with van der Waals surface area (Å²) < 4.78 is 10.7. The Morgan fingerprint density at radius 2 is 2.17 bits per heavy atom. The van der Waals surface area contributed by atoms with Crippen LogP contribution in [-0.2, 0) is 14.3 Å². The molecule has 1 amide bonds. The van der Waals surface area contributed by atoms with Crippen molar-refractivity contribution in [3.8, 4) is 0 Å². The van der Waals surface area contributed by atoms with Gasteiger partial charge in [-0.2, -0.15) is 0 Å². The van der Waals surface area contributed by atoms with Gasteiger partial charge in [0, 0.05) is 13.7 Å². The number of nitrogens with one attached hydrogen (secondary N) is 1. The minimum absolute atomic E-state index is 0. The first-order valence-electron chi connectivity index (χ1n) is 6.39. The molecule has 5 nitrogen and oxygen atoms in total. The molecule has 3 atom stereocenters. The van der Waals surface area contributed by atoms with Gasteiger partial charge in [-0.3, -0.25) is 4.79 Å². The highest BCUT2D eigenvalue weighted by Crippen LogP contribution is 2.33. The number of carbonyl (C=O) groups excluding carboxylic acids is 1. The number of methoxy groups -OCH3 is 1. The molecule has 1 aliphatic heterocycles. The third-order valence-electron chi connectivity index (χ3n) is 3.53. The fourth-order valence-corrected chi connectivity index (χ4v) is 2.32. The van der Waals surface area contributed by atoms with E-state index in [-0.39, 0.29) is 36.6 Å². The molecule has 6 heteroatoms. The van der Waals surface area contributed by atoms with Crippen molar-refractivity contribution in [2.24, 2.45) is 11.7 Å². The minimum atomic E-state index is -0.318. The van der Waals surface area contributed by atoms with Crippen LogP contribution < -0.4 is 11.1 Å². The second-order valence-electron chi connectivity index (χ2n) is 4.97. The van der Waals surface area contributed by atoms with E-state index in [9.17, 15) is 4.79 Å².